The van der Waals surface area contributed by atoms with Crippen molar-refractivity contribution in [2.75, 3.05) is 0 Å². The van der Waals surface area contributed by atoms with Crippen molar-refractivity contribution in [1.82, 2.24) is 10.1 Å². The van der Waals surface area contributed by atoms with Gasteiger partial charge in [-0.15, -0.1) is 0 Å². The van der Waals surface area contributed by atoms with Gasteiger partial charge in [0.15, 0.2) is 6.61 Å². The van der Waals surface area contributed by atoms with Crippen LogP contribution in [0.25, 0.3) is 11.4 Å². The molecule has 0 saturated heterocycles. The summed E-state index contributed by atoms with van der Waals surface area (Å²) in [7, 11) is 0. The Bertz CT molecular complexity index is 715. The molecule has 0 spiro atoms. The zero-order valence-corrected chi connectivity index (χ0v) is 12.0. The van der Waals surface area contributed by atoms with Crippen LogP contribution in [0.5, 0.6) is 5.75 Å². The second kappa shape index (κ2) is 5.79. The maximum Gasteiger partial charge on any atom is 0.264 e. The molecule has 0 unspecified atom stereocenters. The molecule has 1 heterocycles. The molecule has 0 radical (unpaired) electrons. The standard InChI is InChI=1S/C17H16N2O2/c1-12-8-13(2)10-15(9-12)20-11-16-18-17(19-21-16)14-6-4-3-5-7-14/h3-10H,11H2,1-2H3. The molecule has 0 fully saturated rings. The van der Waals surface area contributed by atoms with E-state index in [2.05, 4.69) is 16.2 Å². The third kappa shape index (κ3) is 3.28. The minimum Gasteiger partial charge on any atom is -0.484 e. The minimum absolute atomic E-state index is 0.267. The first-order valence-electron chi connectivity index (χ1n) is 6.80. The minimum atomic E-state index is 0.267. The molecule has 2 aromatic carbocycles. The Labute approximate surface area is 123 Å². The van der Waals surface area contributed by atoms with Crippen molar-refractivity contribution >= 4 is 0 Å². The normalized spacial score (nSPS) is 10.6. The van der Waals surface area contributed by atoms with E-state index in [0.29, 0.717) is 11.7 Å². The van der Waals surface area contributed by atoms with Gasteiger partial charge in [-0.05, 0) is 37.1 Å². The number of aromatic nitrogens is 2. The lowest BCUT2D eigenvalue weighted by atomic mass is 10.1. The summed E-state index contributed by atoms with van der Waals surface area (Å²) in [6.07, 6.45) is 0. The van der Waals surface area contributed by atoms with Crippen molar-refractivity contribution in [3.8, 4) is 17.1 Å². The van der Waals surface area contributed by atoms with E-state index >= 15 is 0 Å². The average Bonchev–Trinajstić information content (AvgIpc) is 2.94. The summed E-state index contributed by atoms with van der Waals surface area (Å²) in [5.41, 5.74) is 3.26. The van der Waals surface area contributed by atoms with Crippen LogP contribution in [-0.2, 0) is 6.61 Å². The number of aryl methyl sites for hydroxylation is 2. The predicted octanol–water partition coefficient (Wildman–Crippen LogP) is 3.93. The van der Waals surface area contributed by atoms with Crippen LogP contribution in [0.1, 0.15) is 17.0 Å². The Morgan fingerprint density at radius 2 is 1.71 bits per heavy atom. The van der Waals surface area contributed by atoms with Gasteiger partial charge in [0.05, 0.1) is 0 Å². The van der Waals surface area contributed by atoms with Gasteiger partial charge in [0.2, 0.25) is 5.82 Å². The van der Waals surface area contributed by atoms with E-state index in [1.165, 1.54) is 11.1 Å². The van der Waals surface area contributed by atoms with Gasteiger partial charge in [0.1, 0.15) is 5.75 Å². The summed E-state index contributed by atoms with van der Waals surface area (Å²) in [6, 6.07) is 15.8. The van der Waals surface area contributed by atoms with E-state index < -0.39 is 0 Å². The van der Waals surface area contributed by atoms with Gasteiger partial charge in [-0.3, -0.25) is 0 Å². The molecule has 3 aromatic rings. The second-order valence-corrected chi connectivity index (χ2v) is 4.99. The van der Waals surface area contributed by atoms with Gasteiger partial charge in [0.25, 0.3) is 5.89 Å². The lowest BCUT2D eigenvalue weighted by Crippen LogP contribution is -1.96. The Balaban J connectivity index is 1.70. The highest BCUT2D eigenvalue weighted by Gasteiger charge is 2.09. The van der Waals surface area contributed by atoms with Crippen LogP contribution in [0, 0.1) is 13.8 Å². The fraction of sp³-hybridized carbons (Fsp3) is 0.176. The summed E-state index contributed by atoms with van der Waals surface area (Å²) in [6.45, 7) is 4.35. The zero-order chi connectivity index (χ0) is 14.7. The summed E-state index contributed by atoms with van der Waals surface area (Å²) in [5, 5.41) is 3.97. The van der Waals surface area contributed by atoms with Crippen molar-refractivity contribution in [3.05, 3.63) is 65.5 Å². The lowest BCUT2D eigenvalue weighted by molar-refractivity contribution is 0.242. The molecule has 0 N–H and O–H groups in total. The van der Waals surface area contributed by atoms with Gasteiger partial charge < -0.3 is 9.26 Å². The molecule has 4 heteroatoms. The highest BCUT2D eigenvalue weighted by atomic mass is 16.5. The Morgan fingerprint density at radius 1 is 1.00 bits per heavy atom. The van der Waals surface area contributed by atoms with Crippen LogP contribution in [0.2, 0.25) is 0 Å². The van der Waals surface area contributed by atoms with Crippen molar-refractivity contribution in [1.29, 1.82) is 0 Å². The quantitative estimate of drug-likeness (QED) is 0.726. The van der Waals surface area contributed by atoms with Crippen LogP contribution < -0.4 is 4.74 Å². The van der Waals surface area contributed by atoms with Crippen LogP contribution in [0.4, 0.5) is 0 Å². The maximum absolute atomic E-state index is 5.71. The first kappa shape index (κ1) is 13.4. The van der Waals surface area contributed by atoms with Crippen LogP contribution in [0.3, 0.4) is 0 Å². The molecule has 3 rings (SSSR count). The fourth-order valence-corrected chi connectivity index (χ4v) is 2.18. The average molecular weight is 280 g/mol. The van der Waals surface area contributed by atoms with E-state index in [-0.39, 0.29) is 6.61 Å². The summed E-state index contributed by atoms with van der Waals surface area (Å²) in [5.74, 6) is 1.86. The predicted molar refractivity (Wildman–Crippen MR) is 80.0 cm³/mol. The lowest BCUT2D eigenvalue weighted by Gasteiger charge is -2.05. The molecular formula is C17H16N2O2. The number of hydrogen-bond acceptors (Lipinski definition) is 4. The Kier molecular flexibility index (Phi) is 3.69. The first-order chi connectivity index (χ1) is 10.2. The smallest absolute Gasteiger partial charge is 0.264 e. The van der Waals surface area contributed by atoms with Crippen LogP contribution in [-0.4, -0.2) is 10.1 Å². The molecule has 0 amide bonds. The van der Waals surface area contributed by atoms with Crippen molar-refractivity contribution < 1.29 is 9.26 Å². The number of hydrogen-bond donors (Lipinski definition) is 0. The van der Waals surface area contributed by atoms with Gasteiger partial charge >= 0.3 is 0 Å². The van der Waals surface area contributed by atoms with Gasteiger partial charge in [-0.2, -0.15) is 4.98 Å². The molecule has 0 aliphatic carbocycles. The van der Waals surface area contributed by atoms with E-state index in [1.807, 2.05) is 56.3 Å². The number of rotatable bonds is 4. The van der Waals surface area contributed by atoms with E-state index in [0.717, 1.165) is 11.3 Å². The second-order valence-electron chi connectivity index (χ2n) is 4.99. The molecule has 0 aliphatic rings. The number of ether oxygens (including phenoxy) is 1. The summed E-state index contributed by atoms with van der Waals surface area (Å²) < 4.78 is 10.9. The molecule has 4 nitrogen and oxygen atoms in total. The number of nitrogens with zero attached hydrogens (tertiary/aromatic N) is 2. The first-order valence-corrected chi connectivity index (χ1v) is 6.80. The zero-order valence-electron chi connectivity index (χ0n) is 12.0. The molecule has 0 aliphatic heterocycles. The maximum atomic E-state index is 5.71. The van der Waals surface area contributed by atoms with E-state index in [1.54, 1.807) is 0 Å². The SMILES string of the molecule is Cc1cc(C)cc(OCc2nc(-c3ccccc3)no2)c1. The molecule has 106 valence electrons. The highest BCUT2D eigenvalue weighted by Crippen LogP contribution is 2.19. The topological polar surface area (TPSA) is 48.2 Å². The molecule has 1 aromatic heterocycles. The summed E-state index contributed by atoms with van der Waals surface area (Å²) >= 11 is 0. The Morgan fingerprint density at radius 3 is 2.43 bits per heavy atom. The van der Waals surface area contributed by atoms with Crippen molar-refractivity contribution in [2.24, 2.45) is 0 Å². The van der Waals surface area contributed by atoms with E-state index in [4.69, 9.17) is 9.26 Å². The largest absolute Gasteiger partial charge is 0.484 e. The van der Waals surface area contributed by atoms with Crippen LogP contribution in [0.15, 0.2) is 53.1 Å². The molecule has 0 atom stereocenters. The van der Waals surface area contributed by atoms with Gasteiger partial charge in [0, 0.05) is 5.56 Å². The summed E-state index contributed by atoms with van der Waals surface area (Å²) in [4.78, 5) is 4.34. The Hall–Kier alpha value is -2.62. The van der Waals surface area contributed by atoms with E-state index in [9.17, 15) is 0 Å². The fourth-order valence-electron chi connectivity index (χ4n) is 2.18. The van der Waals surface area contributed by atoms with Crippen molar-refractivity contribution in [2.45, 2.75) is 20.5 Å². The monoisotopic (exact) mass is 280 g/mol. The highest BCUT2D eigenvalue weighted by molar-refractivity contribution is 5.53. The van der Waals surface area contributed by atoms with Gasteiger partial charge in [-0.25, -0.2) is 0 Å². The molecule has 21 heavy (non-hydrogen) atoms. The van der Waals surface area contributed by atoms with Gasteiger partial charge in [-0.1, -0.05) is 41.6 Å². The number of benzene rings is 2. The third-order valence-corrected chi connectivity index (χ3v) is 3.06. The molecule has 0 bridgehead atoms. The molecular weight excluding hydrogens is 264 g/mol. The van der Waals surface area contributed by atoms with Crippen LogP contribution >= 0.6 is 0 Å². The third-order valence-electron chi connectivity index (χ3n) is 3.06. The molecule has 0 saturated carbocycles. The van der Waals surface area contributed by atoms with Crippen molar-refractivity contribution in [3.63, 3.8) is 0 Å².